The molecule has 0 bridgehead atoms. The van der Waals surface area contributed by atoms with Gasteiger partial charge in [-0.15, -0.1) is 0 Å². The Balaban J connectivity index is 1.76. The van der Waals surface area contributed by atoms with Crippen LogP contribution in [0.3, 0.4) is 0 Å². The van der Waals surface area contributed by atoms with E-state index in [9.17, 15) is 4.79 Å². The normalized spacial score (nSPS) is 12.1. The number of benzene rings is 2. The summed E-state index contributed by atoms with van der Waals surface area (Å²) in [5, 5.41) is 3.13. The van der Waals surface area contributed by atoms with Crippen LogP contribution >= 0.6 is 11.8 Å². The second kappa shape index (κ2) is 8.76. The first kappa shape index (κ1) is 18.3. The van der Waals surface area contributed by atoms with Crippen molar-refractivity contribution in [2.24, 2.45) is 0 Å². The van der Waals surface area contributed by atoms with Gasteiger partial charge in [-0.05, 0) is 36.6 Å². The highest BCUT2D eigenvalue weighted by atomic mass is 32.2. The number of nitrogens with zero attached hydrogens (tertiary/aromatic N) is 1. The first-order valence-corrected chi connectivity index (χ1v) is 9.95. The number of methoxy groups -OCH3 is 1. The fraction of sp³-hybridized carbons (Fsp3) is 0.300. The van der Waals surface area contributed by atoms with Gasteiger partial charge in [-0.25, -0.2) is 4.98 Å². The number of hydrogen-bond acceptors (Lipinski definition) is 4. The number of amides is 1. The van der Waals surface area contributed by atoms with Gasteiger partial charge in [0, 0.05) is 5.56 Å². The van der Waals surface area contributed by atoms with Crippen molar-refractivity contribution < 1.29 is 9.53 Å². The van der Waals surface area contributed by atoms with Crippen LogP contribution in [0.1, 0.15) is 23.9 Å². The highest BCUT2D eigenvalue weighted by Gasteiger charge is 2.19. The van der Waals surface area contributed by atoms with Crippen LogP contribution in [0.4, 0.5) is 0 Å². The summed E-state index contributed by atoms with van der Waals surface area (Å²) in [6.07, 6.45) is 3.16. The molecule has 0 fully saturated rings. The molecule has 136 valence electrons. The molecule has 5 nitrogen and oxygen atoms in total. The van der Waals surface area contributed by atoms with E-state index in [1.807, 2.05) is 48.5 Å². The minimum Gasteiger partial charge on any atom is -0.496 e. The topological polar surface area (TPSA) is 67.0 Å². The summed E-state index contributed by atoms with van der Waals surface area (Å²) >= 11 is 1.76. The molecule has 0 spiro atoms. The summed E-state index contributed by atoms with van der Waals surface area (Å²) in [6.45, 7) is 0. The van der Waals surface area contributed by atoms with Gasteiger partial charge in [0.05, 0.1) is 30.6 Å². The molecule has 26 heavy (non-hydrogen) atoms. The third-order valence-electron chi connectivity index (χ3n) is 4.23. The molecule has 1 amide bonds. The van der Waals surface area contributed by atoms with Gasteiger partial charge >= 0.3 is 0 Å². The first-order chi connectivity index (χ1) is 12.7. The van der Waals surface area contributed by atoms with Crippen molar-refractivity contribution in [2.75, 3.05) is 19.1 Å². The number of hydrogen-bond donors (Lipinski definition) is 2. The molecule has 2 aromatic carbocycles. The van der Waals surface area contributed by atoms with Crippen LogP contribution in [0.15, 0.2) is 48.5 Å². The number of para-hydroxylation sites is 3. The molecule has 1 atom stereocenters. The molecule has 0 saturated carbocycles. The highest BCUT2D eigenvalue weighted by molar-refractivity contribution is 7.98. The van der Waals surface area contributed by atoms with E-state index in [2.05, 4.69) is 21.5 Å². The van der Waals surface area contributed by atoms with Crippen molar-refractivity contribution in [1.29, 1.82) is 0 Å². The van der Waals surface area contributed by atoms with E-state index in [4.69, 9.17) is 4.74 Å². The second-order valence-corrected chi connectivity index (χ2v) is 7.01. The van der Waals surface area contributed by atoms with Crippen molar-refractivity contribution in [3.63, 3.8) is 0 Å². The van der Waals surface area contributed by atoms with Gasteiger partial charge in [0.2, 0.25) is 5.91 Å². The molecule has 0 aliphatic carbocycles. The van der Waals surface area contributed by atoms with Crippen molar-refractivity contribution in [2.45, 2.75) is 18.9 Å². The van der Waals surface area contributed by atoms with E-state index in [0.717, 1.165) is 40.3 Å². The summed E-state index contributed by atoms with van der Waals surface area (Å²) < 4.78 is 5.34. The van der Waals surface area contributed by atoms with E-state index in [1.165, 1.54) is 0 Å². The van der Waals surface area contributed by atoms with Gasteiger partial charge < -0.3 is 15.0 Å². The van der Waals surface area contributed by atoms with Crippen molar-refractivity contribution in [3.05, 3.63) is 59.9 Å². The molecule has 0 saturated heterocycles. The number of ether oxygens (including phenoxy) is 1. The van der Waals surface area contributed by atoms with Gasteiger partial charge in [0.15, 0.2) is 0 Å². The van der Waals surface area contributed by atoms with E-state index in [0.29, 0.717) is 0 Å². The SMILES string of the molecule is COc1ccccc1CC(=O)N[C@@H](CCSC)c1nc2ccccc2[nH]1. The fourth-order valence-electron chi connectivity index (χ4n) is 2.92. The lowest BCUT2D eigenvalue weighted by Crippen LogP contribution is -2.31. The number of carbonyl (C=O) groups excluding carboxylic acids is 1. The third kappa shape index (κ3) is 4.38. The monoisotopic (exact) mass is 369 g/mol. The lowest BCUT2D eigenvalue weighted by atomic mass is 10.1. The van der Waals surface area contributed by atoms with E-state index < -0.39 is 0 Å². The van der Waals surface area contributed by atoms with Gasteiger partial charge in [-0.1, -0.05) is 30.3 Å². The van der Waals surface area contributed by atoms with Crippen LogP contribution in [-0.4, -0.2) is 35.0 Å². The van der Waals surface area contributed by atoms with Crippen LogP contribution in [0.2, 0.25) is 0 Å². The highest BCUT2D eigenvalue weighted by Crippen LogP contribution is 2.21. The smallest absolute Gasteiger partial charge is 0.225 e. The molecule has 3 rings (SSSR count). The van der Waals surface area contributed by atoms with Gasteiger partial charge in [0.1, 0.15) is 11.6 Å². The minimum atomic E-state index is -0.142. The van der Waals surface area contributed by atoms with Gasteiger partial charge in [-0.3, -0.25) is 4.79 Å². The van der Waals surface area contributed by atoms with Crippen molar-refractivity contribution in [1.82, 2.24) is 15.3 Å². The Morgan fingerprint density at radius 3 is 2.77 bits per heavy atom. The van der Waals surface area contributed by atoms with Gasteiger partial charge in [0.25, 0.3) is 0 Å². The molecule has 3 aromatic rings. The third-order valence-corrected chi connectivity index (χ3v) is 4.87. The number of aromatic amines is 1. The Morgan fingerprint density at radius 1 is 1.23 bits per heavy atom. The predicted octanol–water partition coefficient (Wildman–Crippen LogP) is 3.72. The molecule has 0 radical (unpaired) electrons. The molecular weight excluding hydrogens is 346 g/mol. The summed E-state index contributed by atoms with van der Waals surface area (Å²) in [5.74, 6) is 2.43. The number of rotatable bonds is 8. The zero-order valence-electron chi connectivity index (χ0n) is 15.0. The Labute approximate surface area is 157 Å². The van der Waals surface area contributed by atoms with E-state index >= 15 is 0 Å². The largest absolute Gasteiger partial charge is 0.496 e. The summed E-state index contributed by atoms with van der Waals surface area (Å²) in [4.78, 5) is 20.6. The maximum Gasteiger partial charge on any atom is 0.225 e. The van der Waals surface area contributed by atoms with Crippen LogP contribution < -0.4 is 10.1 Å². The molecule has 0 aliphatic rings. The molecule has 0 aliphatic heterocycles. The van der Waals surface area contributed by atoms with Gasteiger partial charge in [-0.2, -0.15) is 11.8 Å². The molecule has 1 aromatic heterocycles. The van der Waals surface area contributed by atoms with Crippen LogP contribution in [0, 0.1) is 0 Å². The number of thioether (sulfide) groups is 1. The maximum absolute atomic E-state index is 12.6. The van der Waals surface area contributed by atoms with E-state index in [-0.39, 0.29) is 18.4 Å². The van der Waals surface area contributed by atoms with Crippen LogP contribution in [0.5, 0.6) is 5.75 Å². The Kier molecular flexibility index (Phi) is 6.17. The van der Waals surface area contributed by atoms with Crippen molar-refractivity contribution in [3.8, 4) is 5.75 Å². The number of aromatic nitrogens is 2. The number of fused-ring (bicyclic) bond motifs is 1. The van der Waals surface area contributed by atoms with E-state index in [1.54, 1.807) is 18.9 Å². The Bertz CT molecular complexity index is 845. The maximum atomic E-state index is 12.6. The average Bonchev–Trinajstić information content (AvgIpc) is 3.09. The summed E-state index contributed by atoms with van der Waals surface area (Å²) in [5.41, 5.74) is 2.77. The molecule has 1 heterocycles. The molecule has 6 heteroatoms. The summed E-state index contributed by atoms with van der Waals surface area (Å²) in [6, 6.07) is 15.4. The molecule has 0 unspecified atom stereocenters. The number of H-pyrrole nitrogens is 1. The fourth-order valence-corrected chi connectivity index (χ4v) is 3.39. The van der Waals surface area contributed by atoms with Crippen LogP contribution in [-0.2, 0) is 11.2 Å². The molecular formula is C20H23N3O2S. The Hall–Kier alpha value is -2.47. The number of nitrogens with one attached hydrogen (secondary N) is 2. The lowest BCUT2D eigenvalue weighted by Gasteiger charge is -2.17. The summed E-state index contributed by atoms with van der Waals surface area (Å²) in [7, 11) is 1.62. The quantitative estimate of drug-likeness (QED) is 0.635. The standard InChI is InChI=1S/C20H23N3O2S/c1-25-18-10-6-3-7-14(18)13-19(24)21-17(11-12-26-2)20-22-15-8-4-5-9-16(15)23-20/h3-10,17H,11-13H2,1-2H3,(H,21,24)(H,22,23)/t17-/m0/s1. The first-order valence-electron chi connectivity index (χ1n) is 8.56. The molecule has 2 N–H and O–H groups in total. The zero-order valence-corrected chi connectivity index (χ0v) is 15.8. The zero-order chi connectivity index (χ0) is 18.4. The predicted molar refractivity (Wildman–Crippen MR) is 107 cm³/mol. The second-order valence-electron chi connectivity index (χ2n) is 6.03. The Morgan fingerprint density at radius 2 is 2.00 bits per heavy atom. The van der Waals surface area contributed by atoms with Crippen LogP contribution in [0.25, 0.3) is 11.0 Å². The minimum absolute atomic E-state index is 0.0407. The number of carbonyl (C=O) groups is 1. The number of imidazole rings is 1. The average molecular weight is 369 g/mol. The lowest BCUT2D eigenvalue weighted by molar-refractivity contribution is -0.121. The van der Waals surface area contributed by atoms with Crippen molar-refractivity contribution >= 4 is 28.7 Å².